The third-order valence-electron chi connectivity index (χ3n) is 2.40. The molecule has 0 unspecified atom stereocenters. The molecule has 1 N–H and O–H groups in total. The van der Waals surface area contributed by atoms with E-state index in [1.165, 1.54) is 18.2 Å². The molecule has 1 aromatic heterocycles. The Labute approximate surface area is 112 Å². The molecule has 0 saturated carbocycles. The fourth-order valence-electron chi connectivity index (χ4n) is 1.44. The number of hydrogen-bond acceptors (Lipinski definition) is 2. The molecule has 2 aromatic rings. The second-order valence-corrected chi connectivity index (χ2v) is 4.52. The van der Waals surface area contributed by atoms with Crippen LogP contribution in [0.15, 0.2) is 35.1 Å². The monoisotopic (exact) mass is 311 g/mol. The van der Waals surface area contributed by atoms with Crippen LogP contribution in [0.25, 0.3) is 0 Å². The zero-order valence-corrected chi connectivity index (χ0v) is 11.2. The molecule has 0 aliphatic heterocycles. The first-order valence-electron chi connectivity index (χ1n) is 5.39. The van der Waals surface area contributed by atoms with Gasteiger partial charge in [-0.05, 0) is 41.1 Å². The van der Waals surface area contributed by atoms with Gasteiger partial charge < -0.3 is 5.32 Å². The van der Waals surface area contributed by atoms with Crippen LogP contribution in [-0.2, 0) is 6.54 Å². The molecule has 0 saturated heterocycles. The van der Waals surface area contributed by atoms with Crippen molar-refractivity contribution in [3.8, 4) is 0 Å². The third-order valence-corrected chi connectivity index (χ3v) is 3.00. The van der Waals surface area contributed by atoms with Gasteiger partial charge in [-0.25, -0.2) is 4.39 Å². The standard InChI is InChI=1S/C12H11BrFN3O/c1-2-17-7-9(6-15-17)16-12(18)8-3-4-11(14)10(13)5-8/h3-7H,2H2,1H3,(H,16,18). The number of nitrogens with zero attached hydrogens (tertiary/aromatic N) is 2. The van der Waals surface area contributed by atoms with Crippen LogP contribution < -0.4 is 5.32 Å². The molecule has 0 spiro atoms. The summed E-state index contributed by atoms with van der Waals surface area (Å²) >= 11 is 3.04. The summed E-state index contributed by atoms with van der Waals surface area (Å²) in [5.41, 5.74) is 0.995. The highest BCUT2D eigenvalue weighted by Gasteiger charge is 2.09. The van der Waals surface area contributed by atoms with Gasteiger partial charge in [0.15, 0.2) is 0 Å². The van der Waals surface area contributed by atoms with Crippen molar-refractivity contribution in [3.63, 3.8) is 0 Å². The molecule has 0 atom stereocenters. The molecule has 0 bridgehead atoms. The first-order chi connectivity index (χ1) is 8.60. The molecule has 4 nitrogen and oxygen atoms in total. The van der Waals surface area contributed by atoms with Gasteiger partial charge in [-0.2, -0.15) is 5.10 Å². The van der Waals surface area contributed by atoms with Crippen LogP contribution in [-0.4, -0.2) is 15.7 Å². The number of aryl methyl sites for hydroxylation is 1. The van der Waals surface area contributed by atoms with E-state index in [4.69, 9.17) is 0 Å². The number of halogens is 2. The number of carbonyl (C=O) groups excluding carboxylic acids is 1. The van der Waals surface area contributed by atoms with Crippen LogP contribution in [0.5, 0.6) is 0 Å². The van der Waals surface area contributed by atoms with Crippen LogP contribution in [0, 0.1) is 5.82 Å². The average Bonchev–Trinajstić information content (AvgIpc) is 2.80. The van der Waals surface area contributed by atoms with Gasteiger partial charge in [0.05, 0.1) is 16.4 Å². The van der Waals surface area contributed by atoms with Crippen LogP contribution >= 0.6 is 15.9 Å². The lowest BCUT2D eigenvalue weighted by Crippen LogP contribution is -2.11. The highest BCUT2D eigenvalue weighted by molar-refractivity contribution is 9.10. The molecule has 1 aromatic carbocycles. The summed E-state index contributed by atoms with van der Waals surface area (Å²) in [6.45, 7) is 2.69. The normalized spacial score (nSPS) is 10.4. The lowest BCUT2D eigenvalue weighted by atomic mass is 10.2. The third kappa shape index (κ3) is 2.76. The zero-order chi connectivity index (χ0) is 13.1. The van der Waals surface area contributed by atoms with Crippen molar-refractivity contribution in [1.82, 2.24) is 9.78 Å². The Kier molecular flexibility index (Phi) is 3.76. The van der Waals surface area contributed by atoms with Gasteiger partial charge in [-0.3, -0.25) is 9.48 Å². The molecule has 1 heterocycles. The van der Waals surface area contributed by atoms with E-state index in [0.717, 1.165) is 6.54 Å². The second kappa shape index (κ2) is 5.30. The van der Waals surface area contributed by atoms with Gasteiger partial charge >= 0.3 is 0 Å². The molecule has 94 valence electrons. The highest BCUT2D eigenvalue weighted by Crippen LogP contribution is 2.17. The molecule has 2 rings (SSSR count). The smallest absolute Gasteiger partial charge is 0.255 e. The number of benzene rings is 1. The second-order valence-electron chi connectivity index (χ2n) is 3.67. The van der Waals surface area contributed by atoms with Crippen molar-refractivity contribution in [3.05, 3.63) is 46.4 Å². The van der Waals surface area contributed by atoms with Crippen molar-refractivity contribution in [2.24, 2.45) is 0 Å². The Bertz CT molecular complexity index is 582. The van der Waals surface area contributed by atoms with Crippen molar-refractivity contribution in [2.45, 2.75) is 13.5 Å². The maximum Gasteiger partial charge on any atom is 0.255 e. The summed E-state index contributed by atoms with van der Waals surface area (Å²) in [7, 11) is 0. The van der Waals surface area contributed by atoms with Crippen LogP contribution in [0.1, 0.15) is 17.3 Å². The summed E-state index contributed by atoms with van der Waals surface area (Å²) in [4.78, 5) is 11.9. The number of nitrogens with one attached hydrogen (secondary N) is 1. The Hall–Kier alpha value is -1.69. The van der Waals surface area contributed by atoms with Crippen molar-refractivity contribution in [1.29, 1.82) is 0 Å². The van der Waals surface area contributed by atoms with Gasteiger partial charge in [0, 0.05) is 18.3 Å². The van der Waals surface area contributed by atoms with Crippen molar-refractivity contribution in [2.75, 3.05) is 5.32 Å². The highest BCUT2D eigenvalue weighted by atomic mass is 79.9. The van der Waals surface area contributed by atoms with E-state index < -0.39 is 5.82 Å². The van der Waals surface area contributed by atoms with Crippen LogP contribution in [0.3, 0.4) is 0 Å². The summed E-state index contributed by atoms with van der Waals surface area (Å²) in [6.07, 6.45) is 3.30. The zero-order valence-electron chi connectivity index (χ0n) is 9.65. The van der Waals surface area contributed by atoms with Crippen LogP contribution in [0.4, 0.5) is 10.1 Å². The largest absolute Gasteiger partial charge is 0.319 e. The van der Waals surface area contributed by atoms with E-state index >= 15 is 0 Å². The summed E-state index contributed by atoms with van der Waals surface area (Å²) in [5, 5.41) is 6.74. The maximum absolute atomic E-state index is 13.0. The van der Waals surface area contributed by atoms with E-state index in [1.807, 2.05) is 6.92 Å². The van der Waals surface area contributed by atoms with E-state index in [0.29, 0.717) is 11.3 Å². The minimum Gasteiger partial charge on any atom is -0.319 e. The molecule has 1 amide bonds. The topological polar surface area (TPSA) is 46.9 Å². The lowest BCUT2D eigenvalue weighted by Gasteiger charge is -2.03. The molecular weight excluding hydrogens is 301 g/mol. The lowest BCUT2D eigenvalue weighted by molar-refractivity contribution is 0.102. The number of anilines is 1. The molecule has 0 aliphatic rings. The molecule has 6 heteroatoms. The number of carbonyl (C=O) groups is 1. The van der Waals surface area contributed by atoms with Gasteiger partial charge in [0.1, 0.15) is 5.82 Å². The maximum atomic E-state index is 13.0. The predicted molar refractivity (Wildman–Crippen MR) is 70.0 cm³/mol. The van der Waals surface area contributed by atoms with E-state index in [2.05, 4.69) is 26.3 Å². The Morgan fingerprint density at radius 1 is 1.56 bits per heavy atom. The van der Waals surface area contributed by atoms with Crippen molar-refractivity contribution >= 4 is 27.5 Å². The minimum atomic E-state index is -0.398. The fraction of sp³-hybridized carbons (Fsp3) is 0.167. The number of rotatable bonds is 3. The number of hydrogen-bond donors (Lipinski definition) is 1. The SMILES string of the molecule is CCn1cc(NC(=O)c2ccc(F)c(Br)c2)cn1. The van der Waals surface area contributed by atoms with E-state index in [1.54, 1.807) is 17.1 Å². The van der Waals surface area contributed by atoms with Gasteiger partial charge in [0.25, 0.3) is 5.91 Å². The molecule has 0 fully saturated rings. The Balaban J connectivity index is 2.14. The number of amides is 1. The minimum absolute atomic E-state index is 0.263. The Morgan fingerprint density at radius 3 is 2.94 bits per heavy atom. The summed E-state index contributed by atoms with van der Waals surface area (Å²) < 4.78 is 15.0. The van der Waals surface area contributed by atoms with E-state index in [-0.39, 0.29) is 10.4 Å². The van der Waals surface area contributed by atoms with Gasteiger partial charge in [-0.1, -0.05) is 0 Å². The van der Waals surface area contributed by atoms with Gasteiger partial charge in [0.2, 0.25) is 0 Å². The fourth-order valence-corrected chi connectivity index (χ4v) is 1.82. The van der Waals surface area contributed by atoms with Crippen molar-refractivity contribution < 1.29 is 9.18 Å². The quantitative estimate of drug-likeness (QED) is 0.947. The molecule has 0 aliphatic carbocycles. The summed E-state index contributed by atoms with van der Waals surface area (Å²) in [6, 6.07) is 4.11. The molecule has 0 radical (unpaired) electrons. The molecule has 18 heavy (non-hydrogen) atoms. The predicted octanol–water partition coefficient (Wildman–Crippen LogP) is 3.06. The summed E-state index contributed by atoms with van der Waals surface area (Å²) in [5.74, 6) is -0.697. The average molecular weight is 312 g/mol. The number of aromatic nitrogens is 2. The first kappa shape index (κ1) is 12.8. The molecular formula is C12H11BrFN3O. The van der Waals surface area contributed by atoms with E-state index in [9.17, 15) is 9.18 Å². The Morgan fingerprint density at radius 2 is 2.33 bits per heavy atom. The van der Waals surface area contributed by atoms with Crippen LogP contribution in [0.2, 0.25) is 0 Å². The van der Waals surface area contributed by atoms with Gasteiger partial charge in [-0.15, -0.1) is 0 Å². The first-order valence-corrected chi connectivity index (χ1v) is 6.18.